The molecule has 0 aromatic heterocycles. The zero-order chi connectivity index (χ0) is 71.6. The van der Waals surface area contributed by atoms with Gasteiger partial charge in [-0.15, -0.1) is 0 Å². The Balaban J connectivity index is -0.00000556. The van der Waals surface area contributed by atoms with Crippen molar-refractivity contribution in [1.82, 2.24) is 14.8 Å². The summed E-state index contributed by atoms with van der Waals surface area (Å²) in [6, 6.07) is -1.43. The quantitative estimate of drug-likeness (QED) is 0.0196. The maximum atomic E-state index is 13.3. The molecule has 1 aromatic rings. The SMILES string of the molecule is CO[C@H]1O[C@H](COS(=O)(=O)[O-])[C@@H](O[C@@H]2O[C@@H](C(=O)[O-])[C@@H](O[C@H]3O[C@H](COS(=O)(=O)[O-])[C@@H](O[C@@H]4O[C@H](C(=O)[O-])[C@@H](O[C@H]5O[C@H](COS(=O)(=O)[O-])[C@@H](O)[C@H](O)[C@H]5NS(=O)(=O)[O-])[C@H](O)[C@H]4O)[C@H](OS(=O)(=O)[O-])[C@H]3NS(=O)(=O)[O-])[C@H](O)[C@H]2OS(=O)(=O)[O-])[C@H](O)[C@H]1NC(=O)c1ccccc1.[Na+].[Na+].[Na+].[Na+].[Na+].[Na+].[Na+].[Na+].[Na+]. The molecular formula is C38H48N3Na9O47S7. The van der Waals surface area contributed by atoms with Gasteiger partial charge in [-0.05, 0) is 12.1 Å². The summed E-state index contributed by atoms with van der Waals surface area (Å²) in [6.07, 6.45) is -64.8. The average Bonchev–Trinajstić information content (AvgIpc) is 0.760. The van der Waals surface area contributed by atoms with Crippen molar-refractivity contribution in [2.75, 3.05) is 26.9 Å². The second-order valence-electron chi connectivity index (χ2n) is 19.8. The summed E-state index contributed by atoms with van der Waals surface area (Å²) < 4.78 is 327. The summed E-state index contributed by atoms with van der Waals surface area (Å²) in [5, 5.41) is 95.3. The van der Waals surface area contributed by atoms with E-state index in [1.807, 2.05) is 0 Å². The molecule has 5 aliphatic heterocycles. The number of hydrogen-bond acceptors (Lipinski definition) is 47. The van der Waals surface area contributed by atoms with Crippen LogP contribution in [0.1, 0.15) is 10.4 Å². The van der Waals surface area contributed by atoms with Gasteiger partial charge < -0.3 is 135 Å². The van der Waals surface area contributed by atoms with E-state index in [9.17, 15) is 146 Å². The third-order valence-electron chi connectivity index (χ3n) is 13.4. The first-order valence-electron chi connectivity index (χ1n) is 25.3. The molecule has 5 saturated heterocycles. The molecule has 9 N–H and O–H groups in total. The van der Waals surface area contributed by atoms with Crippen molar-refractivity contribution in [3.63, 3.8) is 0 Å². The van der Waals surface area contributed by atoms with Crippen LogP contribution in [-0.2, 0) is 150 Å². The summed E-state index contributed by atoms with van der Waals surface area (Å²) in [5.41, 5.74) is -0.145. The molecule has 0 unspecified atom stereocenters. The normalized spacial score (nSPS) is 34.0. The van der Waals surface area contributed by atoms with Gasteiger partial charge in [-0.3, -0.25) is 25.7 Å². The molecule has 25 atom stereocenters. The second-order valence-corrected chi connectivity index (χ2v) is 27.2. The number of nitrogens with one attached hydrogen (secondary N) is 3. The number of rotatable bonds is 30. The van der Waals surface area contributed by atoms with E-state index in [2.05, 4.69) is 26.2 Å². The molecule has 0 spiro atoms. The van der Waals surface area contributed by atoms with Crippen LogP contribution in [0.4, 0.5) is 0 Å². The summed E-state index contributed by atoms with van der Waals surface area (Å²) in [6.45, 7) is -5.27. The zero-order valence-electron chi connectivity index (χ0n) is 55.2. The van der Waals surface area contributed by atoms with Crippen molar-refractivity contribution in [1.29, 1.82) is 0 Å². The van der Waals surface area contributed by atoms with E-state index < -0.39 is 264 Å². The Morgan fingerprint density at radius 2 is 0.769 bits per heavy atom. The zero-order valence-corrected chi connectivity index (χ0v) is 78.9. The Labute approximate surface area is 789 Å². The molecule has 50 nitrogen and oxygen atoms in total. The van der Waals surface area contributed by atoms with Gasteiger partial charge in [0.2, 0.25) is 52.0 Å². The third kappa shape index (κ3) is 35.2. The molecule has 0 saturated carbocycles. The third-order valence-corrected chi connectivity index (χ3v) is 16.7. The van der Waals surface area contributed by atoms with E-state index in [1.54, 1.807) is 0 Å². The van der Waals surface area contributed by atoms with E-state index in [1.165, 1.54) is 30.3 Å². The molecule has 104 heavy (non-hydrogen) atoms. The van der Waals surface area contributed by atoms with Crippen LogP contribution in [0.5, 0.6) is 0 Å². The number of aliphatic hydroxyl groups is 6. The molecule has 1 amide bonds. The standard InChI is InChI=1S/C38H57N3O47S7.9Na/c1-74-34-14(39-31(48)10-5-3-2-4-6-10)19(44)23(12(79-34)8-76-92(62,63)64)81-38-28(88-95(71,72)73)22(47)27(30(86-38)33(51)52)84-36-16(41-90(56,57)58)25(87-94(68,69)70)24(13(80-36)9-77-93(65,66)67)82-37-21(46)20(45)26(29(85-37)32(49)50)83-35-15(40-89(53,54)55)18(43)17(42)11(78-35)7-75-91(59,60)61;;;;;;;;;/h2-6,11-30,34-38,40-47H,7-9H2,1H3,(H,39,48)(H,49,50)(H,51,52)(H,53,54,55)(H,56,57,58)(H,59,60,61)(H,62,63,64)(H,65,66,67)(H,68,69,70)(H,71,72,73);;;;;;;;;/q;9*+1/p-9/t11-,12-,13-,14-,15-,16-,17-,18-,19-,20-,21-,22+,23-,24-,25-,26+,27+,28-,29+,30-,34+,35-,36-,37-,38-;;;;;;;;;/m1........./s1. The maximum absolute atomic E-state index is 13.3. The molecule has 5 fully saturated rings. The van der Waals surface area contributed by atoms with Crippen molar-refractivity contribution in [2.24, 2.45) is 0 Å². The van der Waals surface area contributed by atoms with Crippen LogP contribution in [0, 0.1) is 0 Å². The minimum Gasteiger partial charge on any atom is -0.735 e. The van der Waals surface area contributed by atoms with Crippen LogP contribution in [0.2, 0.25) is 0 Å². The number of carbonyl (C=O) groups is 3. The number of carboxylic acid groups (broad SMARTS) is 2. The molecule has 0 radical (unpaired) electrons. The fraction of sp³-hybridized carbons (Fsp3) is 0.763. The van der Waals surface area contributed by atoms with Gasteiger partial charge in [-0.1, -0.05) is 18.2 Å². The van der Waals surface area contributed by atoms with Gasteiger partial charge in [0.25, 0.3) is 5.91 Å². The Morgan fingerprint density at radius 1 is 0.394 bits per heavy atom. The number of hydrogen-bond donors (Lipinski definition) is 9. The van der Waals surface area contributed by atoms with Crippen LogP contribution in [0.15, 0.2) is 30.3 Å². The summed E-state index contributed by atoms with van der Waals surface area (Å²) >= 11 is 0. The van der Waals surface area contributed by atoms with E-state index >= 15 is 0 Å². The predicted octanol–water partition coefficient (Wildman–Crippen LogP) is -43.7. The number of aliphatic carboxylic acids is 2. The average molecular weight is 1730 g/mol. The van der Waals surface area contributed by atoms with Crippen molar-refractivity contribution < 1.29 is 480 Å². The Bertz CT molecular complexity index is 3710. The minimum absolute atomic E-state index is 0. The minimum atomic E-state index is -6.66. The van der Waals surface area contributed by atoms with Gasteiger partial charge in [0.1, 0.15) is 116 Å². The van der Waals surface area contributed by atoms with Gasteiger partial charge >= 0.3 is 266 Å². The van der Waals surface area contributed by atoms with Gasteiger partial charge in [0, 0.05) is 12.7 Å². The fourth-order valence-corrected chi connectivity index (χ4v) is 12.7. The molecule has 5 heterocycles. The number of aliphatic hydroxyl groups excluding tert-OH is 6. The van der Waals surface area contributed by atoms with E-state index in [0.717, 1.165) is 16.6 Å². The fourth-order valence-electron chi connectivity index (χ4n) is 9.62. The first-order chi connectivity index (χ1) is 43.4. The van der Waals surface area contributed by atoms with E-state index in [0.29, 0.717) is 0 Å². The molecular weight excluding hydrogens is 1680 g/mol. The Morgan fingerprint density at radius 3 is 1.20 bits per heavy atom. The number of benzene rings is 1. The summed E-state index contributed by atoms with van der Waals surface area (Å²) in [4.78, 5) is 39.0. The van der Waals surface area contributed by atoms with Crippen LogP contribution in [0.25, 0.3) is 0 Å². The predicted molar refractivity (Wildman–Crippen MR) is 263 cm³/mol. The van der Waals surface area contributed by atoms with Gasteiger partial charge in [0.05, 0.1) is 31.8 Å². The molecule has 1 aromatic carbocycles. The molecule has 548 valence electrons. The van der Waals surface area contributed by atoms with Crippen LogP contribution in [-0.4, -0.2) is 320 Å². The smallest absolute Gasteiger partial charge is 0.735 e. The molecule has 0 aliphatic carbocycles. The Hall–Kier alpha value is 5.08. The number of ether oxygens (including phenoxy) is 10. The topological polar surface area (TPSA) is 794 Å². The number of carboxylic acids is 2. The summed E-state index contributed by atoms with van der Waals surface area (Å²) in [7, 11) is -42.2. The maximum Gasteiger partial charge on any atom is 1.00 e. The molecule has 5 aliphatic rings. The monoisotopic (exact) mass is 1730 g/mol. The molecule has 6 rings (SSSR count). The van der Waals surface area contributed by atoms with Gasteiger partial charge in [-0.25, -0.2) is 68.4 Å². The van der Waals surface area contributed by atoms with Crippen LogP contribution >= 0.6 is 0 Å². The van der Waals surface area contributed by atoms with E-state index in [-0.39, 0.29) is 272 Å². The van der Waals surface area contributed by atoms with E-state index in [4.69, 9.17) is 47.4 Å². The van der Waals surface area contributed by atoms with Crippen LogP contribution < -0.4 is 291 Å². The van der Waals surface area contributed by atoms with Gasteiger partial charge in [0.15, 0.2) is 58.2 Å². The number of methoxy groups -OCH3 is 1. The Kier molecular flexibility index (Phi) is 53.7. The van der Waals surface area contributed by atoms with Crippen LogP contribution in [0.3, 0.4) is 0 Å². The van der Waals surface area contributed by atoms with Crippen molar-refractivity contribution in [3.8, 4) is 0 Å². The van der Waals surface area contributed by atoms with Gasteiger partial charge in [-0.2, -0.15) is 0 Å². The molecule has 66 heteroatoms. The van der Waals surface area contributed by atoms with Crippen molar-refractivity contribution >= 4 is 90.4 Å². The first kappa shape index (κ1) is 115. The first-order valence-corrected chi connectivity index (χ1v) is 34.8. The largest absolute Gasteiger partial charge is 1.00 e. The van der Waals surface area contributed by atoms with Crippen molar-refractivity contribution in [2.45, 2.75) is 153 Å². The van der Waals surface area contributed by atoms with Crippen molar-refractivity contribution in [3.05, 3.63) is 35.9 Å². The summed E-state index contributed by atoms with van der Waals surface area (Å²) in [5.74, 6) is -6.51. The molecule has 0 bridgehead atoms. The number of amides is 1. The second kappa shape index (κ2) is 48.4. The number of carbonyl (C=O) groups excluding carboxylic acids is 3.